The van der Waals surface area contributed by atoms with Crippen LogP contribution < -0.4 is 0 Å². The minimum absolute atomic E-state index is 0.167. The first-order chi connectivity index (χ1) is 8.91. The maximum Gasteiger partial charge on any atom is 0.326 e. The topological polar surface area (TPSA) is 57.6 Å². The summed E-state index contributed by atoms with van der Waals surface area (Å²) in [5.41, 5.74) is 0.896. The monoisotopic (exact) mass is 263 g/mol. The number of aliphatic carboxylic acids is 1. The quantitative estimate of drug-likeness (QED) is 0.856. The lowest BCUT2D eigenvalue weighted by molar-refractivity contribution is -0.149. The van der Waals surface area contributed by atoms with Crippen LogP contribution in [-0.2, 0) is 16.0 Å². The molecule has 0 saturated heterocycles. The number of benzene rings is 1. The number of likely N-dealkylation sites (N-methyl/N-ethyl adjacent to an activating group) is 1. The molecule has 1 aromatic rings. The van der Waals surface area contributed by atoms with Gasteiger partial charge in [-0.1, -0.05) is 44.2 Å². The van der Waals surface area contributed by atoms with E-state index in [1.54, 1.807) is 7.05 Å². The number of carbonyl (C=O) groups is 2. The van der Waals surface area contributed by atoms with Crippen LogP contribution in [0.4, 0.5) is 0 Å². The van der Waals surface area contributed by atoms with Gasteiger partial charge in [-0.15, -0.1) is 0 Å². The molecule has 0 aromatic heterocycles. The van der Waals surface area contributed by atoms with Crippen LogP contribution >= 0.6 is 0 Å². The Morgan fingerprint density at radius 1 is 1.21 bits per heavy atom. The summed E-state index contributed by atoms with van der Waals surface area (Å²) >= 11 is 0. The highest BCUT2D eigenvalue weighted by molar-refractivity contribution is 5.84. The van der Waals surface area contributed by atoms with Gasteiger partial charge >= 0.3 is 5.97 Å². The van der Waals surface area contributed by atoms with E-state index in [9.17, 15) is 14.7 Å². The van der Waals surface area contributed by atoms with Crippen molar-refractivity contribution in [2.45, 2.75) is 32.7 Å². The lowest BCUT2D eigenvalue weighted by atomic mass is 10.0. The molecule has 0 saturated carbocycles. The van der Waals surface area contributed by atoms with Crippen molar-refractivity contribution >= 4 is 11.9 Å². The summed E-state index contributed by atoms with van der Waals surface area (Å²) in [5, 5.41) is 9.21. The van der Waals surface area contributed by atoms with Gasteiger partial charge in [-0.05, 0) is 17.9 Å². The molecule has 0 aliphatic carbocycles. The van der Waals surface area contributed by atoms with Crippen molar-refractivity contribution in [2.75, 3.05) is 7.05 Å². The third-order valence-corrected chi connectivity index (χ3v) is 3.04. The van der Waals surface area contributed by atoms with Gasteiger partial charge in [0.1, 0.15) is 6.04 Å². The first-order valence-electron chi connectivity index (χ1n) is 6.44. The molecule has 0 heterocycles. The van der Waals surface area contributed by atoms with E-state index in [-0.39, 0.29) is 18.2 Å². The zero-order valence-electron chi connectivity index (χ0n) is 11.7. The predicted molar refractivity (Wildman–Crippen MR) is 73.8 cm³/mol. The van der Waals surface area contributed by atoms with Crippen LogP contribution in [0.25, 0.3) is 0 Å². The standard InChI is InChI=1S/C15H21NO3/c1-11(2)9-13(15(18)19)16(3)14(17)10-12-7-5-4-6-8-12/h4-8,11,13H,9-10H2,1-3H3,(H,18,19). The summed E-state index contributed by atoms with van der Waals surface area (Å²) in [6.07, 6.45) is 0.700. The maximum atomic E-state index is 12.1. The molecule has 1 aromatic carbocycles. The predicted octanol–water partition coefficient (Wildman–Crippen LogP) is 2.19. The molecule has 0 bridgehead atoms. The summed E-state index contributed by atoms with van der Waals surface area (Å²) in [5.74, 6) is -0.884. The Morgan fingerprint density at radius 3 is 2.26 bits per heavy atom. The zero-order chi connectivity index (χ0) is 14.4. The molecule has 1 atom stereocenters. The van der Waals surface area contributed by atoms with Gasteiger partial charge in [0.05, 0.1) is 6.42 Å². The average Bonchev–Trinajstić information content (AvgIpc) is 2.35. The fraction of sp³-hybridized carbons (Fsp3) is 0.467. The highest BCUT2D eigenvalue weighted by Crippen LogP contribution is 2.12. The van der Waals surface area contributed by atoms with E-state index >= 15 is 0 Å². The molecule has 1 N–H and O–H groups in total. The zero-order valence-corrected chi connectivity index (χ0v) is 11.7. The fourth-order valence-corrected chi connectivity index (χ4v) is 1.94. The molecular weight excluding hydrogens is 242 g/mol. The number of carbonyl (C=O) groups excluding carboxylic acids is 1. The number of hydrogen-bond acceptors (Lipinski definition) is 2. The van der Waals surface area contributed by atoms with E-state index in [4.69, 9.17) is 0 Å². The van der Waals surface area contributed by atoms with Crippen LogP contribution in [-0.4, -0.2) is 35.0 Å². The maximum absolute atomic E-state index is 12.1. The number of carboxylic acid groups (broad SMARTS) is 1. The molecular formula is C15H21NO3. The van der Waals surface area contributed by atoms with Gasteiger partial charge in [-0.3, -0.25) is 4.79 Å². The second kappa shape index (κ2) is 6.92. The summed E-state index contributed by atoms with van der Waals surface area (Å²) in [6.45, 7) is 3.90. The van der Waals surface area contributed by atoms with E-state index in [2.05, 4.69) is 0 Å². The molecule has 1 amide bonds. The van der Waals surface area contributed by atoms with E-state index in [1.807, 2.05) is 44.2 Å². The average molecular weight is 263 g/mol. The molecule has 4 nitrogen and oxygen atoms in total. The molecule has 0 spiro atoms. The van der Waals surface area contributed by atoms with Gasteiger partial charge in [0.2, 0.25) is 5.91 Å². The second-order valence-corrected chi connectivity index (χ2v) is 5.15. The van der Waals surface area contributed by atoms with Crippen LogP contribution in [0, 0.1) is 5.92 Å². The van der Waals surface area contributed by atoms with Crippen molar-refractivity contribution in [1.29, 1.82) is 0 Å². The number of nitrogens with zero attached hydrogens (tertiary/aromatic N) is 1. The van der Waals surface area contributed by atoms with E-state index in [0.29, 0.717) is 6.42 Å². The van der Waals surface area contributed by atoms with Gasteiger partial charge < -0.3 is 10.0 Å². The van der Waals surface area contributed by atoms with Crippen molar-refractivity contribution in [2.24, 2.45) is 5.92 Å². The van der Waals surface area contributed by atoms with Gasteiger partial charge in [0.15, 0.2) is 0 Å². The van der Waals surface area contributed by atoms with E-state index in [1.165, 1.54) is 4.90 Å². The molecule has 0 aliphatic heterocycles. The Balaban J connectivity index is 2.71. The molecule has 0 fully saturated rings. The summed E-state index contributed by atoms with van der Waals surface area (Å²) < 4.78 is 0. The molecule has 0 aliphatic rings. The van der Waals surface area contributed by atoms with Crippen LogP contribution in [0.2, 0.25) is 0 Å². The Morgan fingerprint density at radius 2 is 1.79 bits per heavy atom. The van der Waals surface area contributed by atoms with Crippen molar-refractivity contribution in [3.63, 3.8) is 0 Å². The van der Waals surface area contributed by atoms with E-state index in [0.717, 1.165) is 5.56 Å². The van der Waals surface area contributed by atoms with Crippen molar-refractivity contribution in [3.05, 3.63) is 35.9 Å². The first kappa shape index (κ1) is 15.2. The minimum atomic E-state index is -0.947. The number of amides is 1. The second-order valence-electron chi connectivity index (χ2n) is 5.15. The highest BCUT2D eigenvalue weighted by atomic mass is 16.4. The lowest BCUT2D eigenvalue weighted by Gasteiger charge is -2.26. The Kier molecular flexibility index (Phi) is 5.55. The number of carboxylic acids is 1. The Hall–Kier alpha value is -1.84. The van der Waals surface area contributed by atoms with E-state index < -0.39 is 12.0 Å². The first-order valence-corrected chi connectivity index (χ1v) is 6.44. The number of rotatable bonds is 6. The molecule has 104 valence electrons. The van der Waals surface area contributed by atoms with Gasteiger partial charge in [0.25, 0.3) is 0 Å². The molecule has 4 heteroatoms. The molecule has 19 heavy (non-hydrogen) atoms. The van der Waals surface area contributed by atoms with Crippen LogP contribution in [0.15, 0.2) is 30.3 Å². The third-order valence-electron chi connectivity index (χ3n) is 3.04. The van der Waals surface area contributed by atoms with Crippen molar-refractivity contribution in [1.82, 2.24) is 4.90 Å². The van der Waals surface area contributed by atoms with Crippen LogP contribution in [0.3, 0.4) is 0 Å². The van der Waals surface area contributed by atoms with Crippen molar-refractivity contribution < 1.29 is 14.7 Å². The molecule has 1 rings (SSSR count). The third kappa shape index (κ3) is 4.73. The lowest BCUT2D eigenvalue weighted by Crippen LogP contribution is -2.43. The molecule has 1 unspecified atom stereocenters. The van der Waals surface area contributed by atoms with Crippen molar-refractivity contribution in [3.8, 4) is 0 Å². The van der Waals surface area contributed by atoms with Gasteiger partial charge in [0, 0.05) is 7.05 Å². The highest BCUT2D eigenvalue weighted by Gasteiger charge is 2.27. The summed E-state index contributed by atoms with van der Waals surface area (Å²) in [4.78, 5) is 24.7. The van der Waals surface area contributed by atoms with Gasteiger partial charge in [-0.2, -0.15) is 0 Å². The Bertz CT molecular complexity index is 428. The number of hydrogen-bond donors (Lipinski definition) is 1. The Labute approximate surface area is 114 Å². The normalized spacial score (nSPS) is 12.2. The molecule has 0 radical (unpaired) electrons. The minimum Gasteiger partial charge on any atom is -0.480 e. The smallest absolute Gasteiger partial charge is 0.326 e. The summed E-state index contributed by atoms with van der Waals surface area (Å²) in [6, 6.07) is 8.59. The van der Waals surface area contributed by atoms with Gasteiger partial charge in [-0.25, -0.2) is 4.79 Å². The SMILES string of the molecule is CC(C)CC(C(=O)O)N(C)C(=O)Cc1ccccc1. The van der Waals surface area contributed by atoms with Crippen LogP contribution in [0.5, 0.6) is 0 Å². The largest absolute Gasteiger partial charge is 0.480 e. The summed E-state index contributed by atoms with van der Waals surface area (Å²) in [7, 11) is 1.56. The fourth-order valence-electron chi connectivity index (χ4n) is 1.94. The van der Waals surface area contributed by atoms with Crippen LogP contribution in [0.1, 0.15) is 25.8 Å².